The molecular weight excluding hydrogens is 430 g/mol. The van der Waals surface area contributed by atoms with Crippen molar-refractivity contribution < 1.29 is 29.0 Å². The van der Waals surface area contributed by atoms with Crippen molar-refractivity contribution in [3.8, 4) is 5.75 Å². The van der Waals surface area contributed by atoms with Gasteiger partial charge in [-0.3, -0.25) is 0 Å². The first kappa shape index (κ1) is 21.2. The minimum atomic E-state index is -1.11. The first-order chi connectivity index (χ1) is 15.5. The number of rotatable bonds is 8. The summed E-state index contributed by atoms with van der Waals surface area (Å²) in [6, 6.07) is 20.6. The lowest BCUT2D eigenvalue weighted by atomic mass is 10.1. The monoisotopic (exact) mass is 447 g/mol. The number of carboxylic acids is 2. The molecule has 0 atom stereocenters. The van der Waals surface area contributed by atoms with Crippen LogP contribution in [0.2, 0.25) is 0 Å². The molecule has 0 aliphatic rings. The molecular formula is C24H17NO6S. The van der Waals surface area contributed by atoms with Gasteiger partial charge in [0.25, 0.3) is 5.22 Å². The van der Waals surface area contributed by atoms with Gasteiger partial charge in [0.05, 0.1) is 5.56 Å². The lowest BCUT2D eigenvalue weighted by Crippen LogP contribution is -2.00. The third-order valence-electron chi connectivity index (χ3n) is 4.48. The molecule has 0 radical (unpaired) electrons. The molecule has 32 heavy (non-hydrogen) atoms. The van der Waals surface area contributed by atoms with E-state index in [-0.39, 0.29) is 22.3 Å². The van der Waals surface area contributed by atoms with E-state index in [9.17, 15) is 14.7 Å². The van der Waals surface area contributed by atoms with Crippen LogP contribution in [0, 0.1) is 0 Å². The molecule has 3 aromatic carbocycles. The predicted molar refractivity (Wildman–Crippen MR) is 120 cm³/mol. The van der Waals surface area contributed by atoms with Crippen LogP contribution in [0.1, 0.15) is 21.5 Å². The first-order valence-electron chi connectivity index (χ1n) is 9.52. The van der Waals surface area contributed by atoms with Crippen molar-refractivity contribution in [2.24, 2.45) is 0 Å². The topological polar surface area (TPSA) is 110 Å². The highest BCUT2D eigenvalue weighted by Crippen LogP contribution is 2.32. The van der Waals surface area contributed by atoms with Crippen LogP contribution >= 0.6 is 11.8 Å². The number of aromatic carboxylic acids is 1. The summed E-state index contributed by atoms with van der Waals surface area (Å²) < 4.78 is 11.5. The maximum atomic E-state index is 11.9. The summed E-state index contributed by atoms with van der Waals surface area (Å²) in [5.41, 5.74) is 2.79. The summed E-state index contributed by atoms with van der Waals surface area (Å²) in [5.74, 6) is -1.62. The van der Waals surface area contributed by atoms with E-state index in [1.165, 1.54) is 18.2 Å². The van der Waals surface area contributed by atoms with Gasteiger partial charge in [0.15, 0.2) is 5.58 Å². The average Bonchev–Trinajstić information content (AvgIpc) is 3.20. The summed E-state index contributed by atoms with van der Waals surface area (Å²) in [6.07, 6.45) is 1.50. The van der Waals surface area contributed by atoms with Crippen LogP contribution in [-0.4, -0.2) is 27.1 Å². The Bertz CT molecular complexity index is 1280. The molecule has 8 heteroatoms. The van der Waals surface area contributed by atoms with Crippen LogP contribution in [0.3, 0.4) is 0 Å². The van der Waals surface area contributed by atoms with Crippen molar-refractivity contribution in [1.82, 2.24) is 4.98 Å². The zero-order valence-electron chi connectivity index (χ0n) is 16.6. The second-order valence-electron chi connectivity index (χ2n) is 6.69. The maximum Gasteiger partial charge on any atom is 0.342 e. The lowest BCUT2D eigenvalue weighted by Gasteiger charge is -2.10. The highest BCUT2D eigenvalue weighted by molar-refractivity contribution is 8.03. The van der Waals surface area contributed by atoms with E-state index >= 15 is 0 Å². The zero-order chi connectivity index (χ0) is 22.5. The molecule has 0 fully saturated rings. The number of carboxylic acid groups (broad SMARTS) is 2. The molecule has 0 bridgehead atoms. The van der Waals surface area contributed by atoms with Gasteiger partial charge < -0.3 is 19.4 Å². The van der Waals surface area contributed by atoms with Crippen molar-refractivity contribution in [3.05, 3.63) is 94.4 Å². The van der Waals surface area contributed by atoms with Gasteiger partial charge in [0.2, 0.25) is 0 Å². The summed E-state index contributed by atoms with van der Waals surface area (Å²) >= 11 is 0.917. The number of benzene rings is 3. The fourth-order valence-electron chi connectivity index (χ4n) is 2.90. The number of carbonyl (C=O) groups is 2. The number of aliphatic carboxylic acids is 1. The van der Waals surface area contributed by atoms with Crippen molar-refractivity contribution in [1.29, 1.82) is 0 Å². The van der Waals surface area contributed by atoms with E-state index in [1.807, 2.05) is 12.1 Å². The first-order valence-corrected chi connectivity index (χ1v) is 10.3. The van der Waals surface area contributed by atoms with Gasteiger partial charge in [-0.1, -0.05) is 42.5 Å². The van der Waals surface area contributed by atoms with Crippen LogP contribution in [0.5, 0.6) is 5.75 Å². The molecule has 4 rings (SSSR count). The number of fused-ring (bicyclic) bond motifs is 1. The van der Waals surface area contributed by atoms with E-state index < -0.39 is 11.9 Å². The number of para-hydroxylation sites is 3. The molecule has 0 amide bonds. The largest absolute Gasteiger partial charge is 0.488 e. The molecule has 160 valence electrons. The quantitative estimate of drug-likeness (QED) is 0.276. The average molecular weight is 447 g/mol. The van der Waals surface area contributed by atoms with Gasteiger partial charge in [-0.05, 0) is 53.7 Å². The van der Waals surface area contributed by atoms with E-state index in [0.29, 0.717) is 22.4 Å². The Morgan fingerprint density at radius 3 is 2.41 bits per heavy atom. The molecule has 1 aromatic heterocycles. The third kappa shape index (κ3) is 4.98. The van der Waals surface area contributed by atoms with Gasteiger partial charge in [-0.25, -0.2) is 14.6 Å². The lowest BCUT2D eigenvalue weighted by molar-refractivity contribution is -0.131. The Morgan fingerprint density at radius 2 is 1.69 bits per heavy atom. The van der Waals surface area contributed by atoms with Gasteiger partial charge in [-0.2, -0.15) is 0 Å². The second kappa shape index (κ2) is 9.40. The SMILES string of the molecule is O=C(O)/C(=C/c1ccccc1OCc1ccc(C(=O)O)cc1)Sc1nc2ccccc2o1. The minimum absolute atomic E-state index is 0.0263. The summed E-state index contributed by atoms with van der Waals surface area (Å²) in [4.78, 5) is 27.2. The van der Waals surface area contributed by atoms with Crippen LogP contribution < -0.4 is 4.74 Å². The normalized spacial score (nSPS) is 11.4. The molecule has 7 nitrogen and oxygen atoms in total. The maximum absolute atomic E-state index is 11.9. The van der Waals surface area contributed by atoms with Crippen LogP contribution in [0.25, 0.3) is 17.2 Å². The fraction of sp³-hybridized carbons (Fsp3) is 0.0417. The smallest absolute Gasteiger partial charge is 0.342 e. The Hall–Kier alpha value is -4.04. The van der Waals surface area contributed by atoms with Crippen molar-refractivity contribution in [2.45, 2.75) is 11.8 Å². The van der Waals surface area contributed by atoms with Gasteiger partial charge in [0.1, 0.15) is 22.8 Å². The van der Waals surface area contributed by atoms with Crippen molar-refractivity contribution >= 4 is 40.9 Å². The minimum Gasteiger partial charge on any atom is -0.488 e. The number of hydrogen-bond donors (Lipinski definition) is 2. The molecule has 0 saturated heterocycles. The van der Waals surface area contributed by atoms with E-state index in [2.05, 4.69) is 4.98 Å². The number of aromatic nitrogens is 1. The number of oxazole rings is 1. The molecule has 0 saturated carbocycles. The number of thioether (sulfide) groups is 1. The summed E-state index contributed by atoms with van der Waals surface area (Å²) in [7, 11) is 0. The van der Waals surface area contributed by atoms with E-state index in [0.717, 1.165) is 17.3 Å². The summed E-state index contributed by atoms with van der Waals surface area (Å²) in [5, 5.41) is 18.9. The van der Waals surface area contributed by atoms with Gasteiger partial charge in [0, 0.05) is 5.56 Å². The van der Waals surface area contributed by atoms with Gasteiger partial charge >= 0.3 is 11.9 Å². The van der Waals surface area contributed by atoms with E-state index in [4.69, 9.17) is 14.3 Å². The van der Waals surface area contributed by atoms with Crippen molar-refractivity contribution in [2.75, 3.05) is 0 Å². The highest BCUT2D eigenvalue weighted by Gasteiger charge is 2.16. The highest BCUT2D eigenvalue weighted by atomic mass is 32.2. The van der Waals surface area contributed by atoms with Crippen molar-refractivity contribution in [3.63, 3.8) is 0 Å². The zero-order valence-corrected chi connectivity index (χ0v) is 17.4. The van der Waals surface area contributed by atoms with Crippen LogP contribution in [-0.2, 0) is 11.4 Å². The van der Waals surface area contributed by atoms with Crippen LogP contribution in [0.4, 0.5) is 0 Å². The Kier molecular flexibility index (Phi) is 6.23. The molecule has 0 aliphatic carbocycles. The Labute approximate surface area is 187 Å². The number of nitrogens with zero attached hydrogens (tertiary/aromatic N) is 1. The molecule has 1 heterocycles. The molecule has 4 aromatic rings. The fourth-order valence-corrected chi connectivity index (χ4v) is 3.64. The van der Waals surface area contributed by atoms with E-state index in [1.54, 1.807) is 48.5 Å². The molecule has 0 unspecified atom stereocenters. The Balaban J connectivity index is 1.54. The molecule has 0 spiro atoms. The standard InChI is InChI=1S/C24H17NO6S/c26-22(27)16-11-9-15(10-12-16)14-30-19-7-3-1-5-17(19)13-21(23(28)29)32-24-25-18-6-2-4-8-20(18)31-24/h1-13H,14H2,(H,26,27)(H,28,29)/b21-13-. The van der Waals surface area contributed by atoms with Gasteiger partial charge in [-0.15, -0.1) is 0 Å². The third-order valence-corrected chi connectivity index (χ3v) is 5.34. The molecule has 2 N–H and O–H groups in total. The predicted octanol–water partition coefficient (Wildman–Crippen LogP) is 5.32. The molecule has 0 aliphatic heterocycles. The second-order valence-corrected chi connectivity index (χ2v) is 7.69. The number of hydrogen-bond acceptors (Lipinski definition) is 6. The summed E-state index contributed by atoms with van der Waals surface area (Å²) in [6.45, 7) is 0.200. The number of ether oxygens (including phenoxy) is 1. The van der Waals surface area contributed by atoms with Crippen LogP contribution in [0.15, 0.2) is 87.3 Å². The Morgan fingerprint density at radius 1 is 0.969 bits per heavy atom.